The molecule has 0 bridgehead atoms. The van der Waals surface area contributed by atoms with Gasteiger partial charge in [-0.1, -0.05) is 24.3 Å². The van der Waals surface area contributed by atoms with Gasteiger partial charge in [0, 0.05) is 5.56 Å². The largest absolute Gasteiger partial charge is 0.496 e. The molecule has 2 aromatic rings. The van der Waals surface area contributed by atoms with Gasteiger partial charge in [0.05, 0.1) is 7.11 Å². The molecule has 2 nitrogen and oxygen atoms in total. The van der Waals surface area contributed by atoms with Crippen molar-refractivity contribution in [3.05, 3.63) is 41.5 Å². The molecule has 0 aliphatic heterocycles. The Kier molecular flexibility index (Phi) is 3.43. The zero-order valence-electron chi connectivity index (χ0n) is 11.5. The first kappa shape index (κ1) is 12.5. The maximum absolute atomic E-state index is 5.66. The number of rotatable bonds is 4. The van der Waals surface area contributed by atoms with Gasteiger partial charge in [0.1, 0.15) is 5.75 Å². The molecule has 0 saturated heterocycles. The summed E-state index contributed by atoms with van der Waals surface area (Å²) in [5, 5.41) is 2.76. The molecule has 1 atom stereocenters. The summed E-state index contributed by atoms with van der Waals surface area (Å²) < 4.78 is 5.53. The van der Waals surface area contributed by atoms with Crippen LogP contribution in [0.4, 0.5) is 0 Å². The van der Waals surface area contributed by atoms with Gasteiger partial charge in [-0.15, -0.1) is 0 Å². The summed E-state index contributed by atoms with van der Waals surface area (Å²) in [7, 11) is 1.76. The van der Waals surface area contributed by atoms with Gasteiger partial charge in [0.2, 0.25) is 0 Å². The Morgan fingerprint density at radius 3 is 2.95 bits per heavy atom. The van der Waals surface area contributed by atoms with Gasteiger partial charge in [-0.3, -0.25) is 0 Å². The Balaban J connectivity index is 2.14. The second-order valence-electron chi connectivity index (χ2n) is 5.36. The number of methoxy groups -OCH3 is 1. The molecule has 1 unspecified atom stereocenters. The summed E-state index contributed by atoms with van der Waals surface area (Å²) in [6.45, 7) is 0.789. The van der Waals surface area contributed by atoms with Crippen molar-refractivity contribution in [1.82, 2.24) is 0 Å². The fraction of sp³-hybridized carbons (Fsp3) is 0.412. The van der Waals surface area contributed by atoms with E-state index >= 15 is 0 Å². The first-order valence-corrected chi connectivity index (χ1v) is 7.13. The van der Waals surface area contributed by atoms with Crippen LogP contribution in [0, 0.1) is 0 Å². The monoisotopic (exact) mass is 255 g/mol. The molecule has 100 valence electrons. The quantitative estimate of drug-likeness (QED) is 0.905. The zero-order valence-corrected chi connectivity index (χ0v) is 11.5. The Bertz CT molecular complexity index is 591. The summed E-state index contributed by atoms with van der Waals surface area (Å²) in [4.78, 5) is 0. The predicted octanol–water partition coefficient (Wildman–Crippen LogP) is 3.62. The minimum atomic E-state index is 0.659. The molecule has 0 heterocycles. The highest BCUT2D eigenvalue weighted by atomic mass is 16.5. The van der Waals surface area contributed by atoms with E-state index < -0.39 is 0 Å². The number of hydrogen-bond donors (Lipinski definition) is 1. The fourth-order valence-electron chi connectivity index (χ4n) is 3.38. The van der Waals surface area contributed by atoms with Crippen molar-refractivity contribution in [3.63, 3.8) is 0 Å². The minimum Gasteiger partial charge on any atom is -0.496 e. The summed E-state index contributed by atoms with van der Waals surface area (Å²) in [5.41, 5.74) is 8.54. The van der Waals surface area contributed by atoms with Crippen LogP contribution in [0.3, 0.4) is 0 Å². The number of hydrogen-bond acceptors (Lipinski definition) is 2. The molecule has 2 N–H and O–H groups in total. The van der Waals surface area contributed by atoms with E-state index in [0.717, 1.165) is 25.1 Å². The van der Waals surface area contributed by atoms with Crippen molar-refractivity contribution in [2.75, 3.05) is 13.7 Å². The smallest absolute Gasteiger partial charge is 0.122 e. The third-order valence-electron chi connectivity index (χ3n) is 4.30. The van der Waals surface area contributed by atoms with Crippen LogP contribution in [-0.2, 0) is 6.42 Å². The van der Waals surface area contributed by atoms with Crippen molar-refractivity contribution in [3.8, 4) is 5.75 Å². The summed E-state index contributed by atoms with van der Waals surface area (Å²) >= 11 is 0. The van der Waals surface area contributed by atoms with E-state index in [1.54, 1.807) is 7.11 Å². The zero-order chi connectivity index (χ0) is 13.2. The highest BCUT2D eigenvalue weighted by Gasteiger charge is 2.23. The molecule has 0 saturated carbocycles. The topological polar surface area (TPSA) is 35.2 Å². The highest BCUT2D eigenvalue weighted by Crippen LogP contribution is 2.42. The van der Waals surface area contributed by atoms with Crippen LogP contribution in [0.5, 0.6) is 5.75 Å². The molecule has 0 aromatic heterocycles. The van der Waals surface area contributed by atoms with Crippen LogP contribution in [-0.4, -0.2) is 13.7 Å². The lowest BCUT2D eigenvalue weighted by Crippen LogP contribution is -2.11. The van der Waals surface area contributed by atoms with Crippen molar-refractivity contribution < 1.29 is 4.74 Å². The van der Waals surface area contributed by atoms with Crippen LogP contribution < -0.4 is 10.5 Å². The Morgan fingerprint density at radius 2 is 2.16 bits per heavy atom. The van der Waals surface area contributed by atoms with Gasteiger partial charge in [0.15, 0.2) is 0 Å². The van der Waals surface area contributed by atoms with Crippen molar-refractivity contribution in [1.29, 1.82) is 0 Å². The van der Waals surface area contributed by atoms with E-state index in [4.69, 9.17) is 10.5 Å². The van der Waals surface area contributed by atoms with Gasteiger partial charge in [-0.05, 0) is 60.5 Å². The van der Waals surface area contributed by atoms with E-state index in [2.05, 4.69) is 30.3 Å². The third kappa shape index (κ3) is 2.10. The fourth-order valence-corrected chi connectivity index (χ4v) is 3.38. The molecule has 0 amide bonds. The van der Waals surface area contributed by atoms with Crippen LogP contribution in [0.15, 0.2) is 30.3 Å². The lowest BCUT2D eigenvalue weighted by molar-refractivity contribution is 0.407. The van der Waals surface area contributed by atoms with Crippen LogP contribution in [0.1, 0.15) is 36.3 Å². The van der Waals surface area contributed by atoms with Crippen molar-refractivity contribution in [2.45, 2.75) is 31.6 Å². The SMILES string of the molecule is COc1ccc2cccc3c2c1CCC3CCCN. The summed E-state index contributed by atoms with van der Waals surface area (Å²) in [6.07, 6.45) is 4.64. The molecule has 1 aliphatic rings. The molecular weight excluding hydrogens is 234 g/mol. The number of aryl methyl sites for hydroxylation is 1. The second-order valence-corrected chi connectivity index (χ2v) is 5.36. The van der Waals surface area contributed by atoms with E-state index in [1.165, 1.54) is 34.7 Å². The van der Waals surface area contributed by atoms with E-state index in [1.807, 2.05) is 0 Å². The summed E-state index contributed by atoms with van der Waals surface area (Å²) in [5.74, 6) is 1.70. The first-order valence-electron chi connectivity index (χ1n) is 7.13. The average Bonchev–Trinajstić information content (AvgIpc) is 2.47. The Hall–Kier alpha value is -1.54. The number of nitrogens with two attached hydrogens (primary N) is 1. The van der Waals surface area contributed by atoms with Gasteiger partial charge in [-0.25, -0.2) is 0 Å². The van der Waals surface area contributed by atoms with Gasteiger partial charge < -0.3 is 10.5 Å². The maximum atomic E-state index is 5.66. The van der Waals surface area contributed by atoms with Crippen molar-refractivity contribution in [2.24, 2.45) is 5.73 Å². The predicted molar refractivity (Wildman–Crippen MR) is 79.9 cm³/mol. The Morgan fingerprint density at radius 1 is 1.26 bits per heavy atom. The second kappa shape index (κ2) is 5.22. The van der Waals surface area contributed by atoms with Gasteiger partial charge in [0.25, 0.3) is 0 Å². The molecule has 0 radical (unpaired) electrons. The standard InChI is InChI=1S/C17H21NO/c1-19-16-10-8-13-4-2-6-14-12(5-3-11-18)7-9-15(16)17(13)14/h2,4,6,8,10,12H,3,5,7,9,11,18H2,1H3. The van der Waals surface area contributed by atoms with E-state index in [0.29, 0.717) is 5.92 Å². The molecule has 1 aliphatic carbocycles. The molecule has 19 heavy (non-hydrogen) atoms. The van der Waals surface area contributed by atoms with Gasteiger partial charge >= 0.3 is 0 Å². The maximum Gasteiger partial charge on any atom is 0.122 e. The molecule has 3 rings (SSSR count). The first-order chi connectivity index (χ1) is 9.35. The van der Waals surface area contributed by atoms with Crippen LogP contribution in [0.25, 0.3) is 10.8 Å². The lowest BCUT2D eigenvalue weighted by Gasteiger charge is -2.27. The van der Waals surface area contributed by atoms with E-state index in [-0.39, 0.29) is 0 Å². The molecular formula is C17H21NO. The lowest BCUT2D eigenvalue weighted by atomic mass is 9.79. The van der Waals surface area contributed by atoms with E-state index in [9.17, 15) is 0 Å². The highest BCUT2D eigenvalue weighted by molar-refractivity contribution is 5.92. The number of ether oxygens (including phenoxy) is 1. The molecule has 2 aromatic carbocycles. The van der Waals surface area contributed by atoms with Crippen molar-refractivity contribution >= 4 is 10.8 Å². The normalized spacial score (nSPS) is 17.7. The number of benzene rings is 2. The van der Waals surface area contributed by atoms with Crippen LogP contribution >= 0.6 is 0 Å². The molecule has 2 heteroatoms. The van der Waals surface area contributed by atoms with Crippen LogP contribution in [0.2, 0.25) is 0 Å². The average molecular weight is 255 g/mol. The molecule has 0 spiro atoms. The van der Waals surface area contributed by atoms with Gasteiger partial charge in [-0.2, -0.15) is 0 Å². The summed E-state index contributed by atoms with van der Waals surface area (Å²) in [6, 6.07) is 10.9. The minimum absolute atomic E-state index is 0.659. The molecule has 0 fully saturated rings. The third-order valence-corrected chi connectivity index (χ3v) is 4.30. The Labute approximate surface area is 114 Å².